The zero-order valence-electron chi connectivity index (χ0n) is 11.7. The van der Waals surface area contributed by atoms with Gasteiger partial charge in [-0.2, -0.15) is 5.26 Å². The lowest BCUT2D eigenvalue weighted by molar-refractivity contribution is 0.0327. The maximum absolute atomic E-state index is 9.05. The van der Waals surface area contributed by atoms with E-state index in [1.165, 1.54) is 5.56 Å². The molecule has 0 atom stereocenters. The molecule has 0 N–H and O–H groups in total. The molecule has 2 aromatic rings. The first kappa shape index (κ1) is 13.1. The summed E-state index contributed by atoms with van der Waals surface area (Å²) in [4.78, 5) is 7.04. The molecule has 0 bridgehead atoms. The van der Waals surface area contributed by atoms with Crippen LogP contribution in [0.25, 0.3) is 11.0 Å². The predicted octanol–water partition coefficient (Wildman–Crippen LogP) is 1.70. The molecule has 1 aromatic heterocycles. The van der Waals surface area contributed by atoms with Crippen LogP contribution in [-0.4, -0.2) is 40.8 Å². The number of imidazole rings is 1. The maximum atomic E-state index is 9.05. The summed E-state index contributed by atoms with van der Waals surface area (Å²) >= 11 is 0. The molecule has 0 aliphatic carbocycles. The molecular weight excluding hydrogens is 252 g/mol. The smallest absolute Gasteiger partial charge is 0.125 e. The zero-order valence-corrected chi connectivity index (χ0v) is 11.7. The lowest BCUT2D eigenvalue weighted by atomic mass is 10.2. The Balaban J connectivity index is 1.95. The Morgan fingerprint density at radius 3 is 2.90 bits per heavy atom. The molecule has 0 saturated carbocycles. The number of nitrogens with zero attached hydrogens (tertiary/aromatic N) is 4. The van der Waals surface area contributed by atoms with E-state index >= 15 is 0 Å². The van der Waals surface area contributed by atoms with Gasteiger partial charge in [-0.25, -0.2) is 4.98 Å². The van der Waals surface area contributed by atoms with Crippen molar-refractivity contribution in [1.82, 2.24) is 14.5 Å². The topological polar surface area (TPSA) is 54.1 Å². The minimum absolute atomic E-state index is 0.346. The zero-order chi connectivity index (χ0) is 13.9. The highest BCUT2D eigenvalue weighted by molar-refractivity contribution is 5.77. The van der Waals surface area contributed by atoms with Crippen molar-refractivity contribution in [1.29, 1.82) is 5.26 Å². The predicted molar refractivity (Wildman–Crippen MR) is 76.2 cm³/mol. The van der Waals surface area contributed by atoms with Crippen molar-refractivity contribution in [2.24, 2.45) is 0 Å². The van der Waals surface area contributed by atoms with Crippen LogP contribution in [0.1, 0.15) is 11.4 Å². The largest absolute Gasteiger partial charge is 0.379 e. The number of fused-ring (bicyclic) bond motifs is 1. The molecule has 104 valence electrons. The van der Waals surface area contributed by atoms with Crippen molar-refractivity contribution >= 4 is 11.0 Å². The molecule has 1 fully saturated rings. The second-order valence-electron chi connectivity index (χ2n) is 5.15. The molecule has 0 amide bonds. The summed E-state index contributed by atoms with van der Waals surface area (Å²) in [6, 6.07) is 8.43. The fourth-order valence-electron chi connectivity index (χ4n) is 2.62. The third kappa shape index (κ3) is 2.53. The molecule has 3 rings (SSSR count). The van der Waals surface area contributed by atoms with Crippen LogP contribution in [0.5, 0.6) is 0 Å². The lowest BCUT2D eigenvalue weighted by Gasteiger charge is -2.26. The van der Waals surface area contributed by atoms with Gasteiger partial charge >= 0.3 is 0 Å². The van der Waals surface area contributed by atoms with E-state index in [0.29, 0.717) is 6.54 Å². The number of hydrogen-bond donors (Lipinski definition) is 0. The number of nitriles is 1. The molecule has 5 nitrogen and oxygen atoms in total. The minimum Gasteiger partial charge on any atom is -0.379 e. The minimum atomic E-state index is 0.346. The fourth-order valence-corrected chi connectivity index (χ4v) is 2.62. The van der Waals surface area contributed by atoms with E-state index in [-0.39, 0.29) is 0 Å². The van der Waals surface area contributed by atoms with E-state index in [0.717, 1.165) is 49.7 Å². The molecular formula is C15H18N4O. The van der Waals surface area contributed by atoms with Crippen LogP contribution in [-0.2, 0) is 17.8 Å². The highest BCUT2D eigenvalue weighted by atomic mass is 16.5. The third-order valence-corrected chi connectivity index (χ3v) is 3.68. The summed E-state index contributed by atoms with van der Waals surface area (Å²) in [7, 11) is 0. The molecule has 0 spiro atoms. The Morgan fingerprint density at radius 1 is 1.35 bits per heavy atom. The van der Waals surface area contributed by atoms with Crippen LogP contribution in [0.15, 0.2) is 18.2 Å². The van der Waals surface area contributed by atoms with E-state index in [9.17, 15) is 0 Å². The molecule has 20 heavy (non-hydrogen) atoms. The number of hydrogen-bond acceptors (Lipinski definition) is 4. The molecule has 1 aliphatic rings. The highest BCUT2D eigenvalue weighted by Gasteiger charge is 2.16. The molecule has 1 aliphatic heterocycles. The van der Waals surface area contributed by atoms with E-state index in [1.54, 1.807) is 0 Å². The van der Waals surface area contributed by atoms with Gasteiger partial charge in [0.1, 0.15) is 12.4 Å². The standard InChI is InChI=1S/C15H18N4O/c1-12-2-3-14-13(10-12)17-15(19(14)5-4-16)11-18-6-8-20-9-7-18/h2-3,10H,5-9,11H2,1H3. The number of aryl methyl sites for hydroxylation is 1. The quantitative estimate of drug-likeness (QED) is 0.852. The molecule has 1 saturated heterocycles. The number of aromatic nitrogens is 2. The van der Waals surface area contributed by atoms with Gasteiger partial charge < -0.3 is 9.30 Å². The van der Waals surface area contributed by atoms with Gasteiger partial charge in [-0.1, -0.05) is 6.07 Å². The number of rotatable bonds is 3. The van der Waals surface area contributed by atoms with Crippen molar-refractivity contribution < 1.29 is 4.74 Å². The Bertz CT molecular complexity index is 650. The van der Waals surface area contributed by atoms with E-state index in [2.05, 4.69) is 36.1 Å². The first-order valence-corrected chi connectivity index (χ1v) is 6.91. The van der Waals surface area contributed by atoms with E-state index in [1.807, 2.05) is 4.57 Å². The Labute approximate surface area is 118 Å². The van der Waals surface area contributed by atoms with Gasteiger partial charge in [0.15, 0.2) is 0 Å². The molecule has 1 aromatic carbocycles. The maximum Gasteiger partial charge on any atom is 0.125 e. The number of benzene rings is 1. The van der Waals surface area contributed by atoms with Crippen molar-refractivity contribution in [2.75, 3.05) is 26.3 Å². The second kappa shape index (κ2) is 5.61. The molecule has 0 unspecified atom stereocenters. The third-order valence-electron chi connectivity index (χ3n) is 3.68. The van der Waals surface area contributed by atoms with Gasteiger partial charge in [0.25, 0.3) is 0 Å². The summed E-state index contributed by atoms with van der Waals surface area (Å²) in [6.07, 6.45) is 0. The average Bonchev–Trinajstić information content (AvgIpc) is 2.77. The van der Waals surface area contributed by atoms with Gasteiger partial charge in [-0.15, -0.1) is 0 Å². The Morgan fingerprint density at radius 2 is 2.15 bits per heavy atom. The average molecular weight is 270 g/mol. The van der Waals surface area contributed by atoms with Crippen molar-refractivity contribution in [3.8, 4) is 6.07 Å². The van der Waals surface area contributed by atoms with Gasteiger partial charge in [-0.3, -0.25) is 4.90 Å². The SMILES string of the molecule is Cc1ccc2c(c1)nc(CN1CCOCC1)n2CC#N. The van der Waals surface area contributed by atoms with Crippen LogP contribution in [0.2, 0.25) is 0 Å². The second-order valence-corrected chi connectivity index (χ2v) is 5.15. The van der Waals surface area contributed by atoms with Gasteiger partial charge in [0, 0.05) is 13.1 Å². The molecule has 5 heteroatoms. The van der Waals surface area contributed by atoms with Crippen LogP contribution in [0.4, 0.5) is 0 Å². The number of morpholine rings is 1. The summed E-state index contributed by atoms with van der Waals surface area (Å²) < 4.78 is 7.39. The Kier molecular flexibility index (Phi) is 3.68. The van der Waals surface area contributed by atoms with Crippen LogP contribution in [0, 0.1) is 18.3 Å². The highest BCUT2D eigenvalue weighted by Crippen LogP contribution is 2.19. The van der Waals surface area contributed by atoms with E-state index in [4.69, 9.17) is 15.0 Å². The first-order chi connectivity index (χ1) is 9.78. The monoisotopic (exact) mass is 270 g/mol. The Hall–Kier alpha value is -1.90. The van der Waals surface area contributed by atoms with Crippen LogP contribution in [0.3, 0.4) is 0 Å². The summed E-state index contributed by atoms with van der Waals surface area (Å²) in [5, 5.41) is 9.05. The van der Waals surface area contributed by atoms with Crippen LogP contribution >= 0.6 is 0 Å². The molecule has 0 radical (unpaired) electrons. The normalized spacial score (nSPS) is 16.4. The summed E-state index contributed by atoms with van der Waals surface area (Å²) in [5.74, 6) is 0.967. The summed E-state index contributed by atoms with van der Waals surface area (Å²) in [5.41, 5.74) is 3.21. The van der Waals surface area contributed by atoms with Gasteiger partial charge in [0.05, 0.1) is 36.9 Å². The molecule has 2 heterocycles. The number of ether oxygens (including phenoxy) is 1. The van der Waals surface area contributed by atoms with Crippen molar-refractivity contribution in [3.63, 3.8) is 0 Å². The van der Waals surface area contributed by atoms with Crippen molar-refractivity contribution in [2.45, 2.75) is 20.0 Å². The lowest BCUT2D eigenvalue weighted by Crippen LogP contribution is -2.36. The van der Waals surface area contributed by atoms with Crippen molar-refractivity contribution in [3.05, 3.63) is 29.6 Å². The van der Waals surface area contributed by atoms with Gasteiger partial charge in [0.2, 0.25) is 0 Å². The van der Waals surface area contributed by atoms with Gasteiger partial charge in [-0.05, 0) is 24.6 Å². The summed E-state index contributed by atoms with van der Waals surface area (Å²) in [6.45, 7) is 6.58. The fraction of sp³-hybridized carbons (Fsp3) is 0.467. The van der Waals surface area contributed by atoms with E-state index < -0.39 is 0 Å². The first-order valence-electron chi connectivity index (χ1n) is 6.91. The van der Waals surface area contributed by atoms with Crippen LogP contribution < -0.4 is 0 Å².